The molecule has 0 aliphatic carbocycles. The molecular formula is C20H24N4O2. The third-order valence-electron chi connectivity index (χ3n) is 4.41. The van der Waals surface area contributed by atoms with Crippen molar-refractivity contribution in [3.63, 3.8) is 0 Å². The van der Waals surface area contributed by atoms with Gasteiger partial charge in [0.1, 0.15) is 0 Å². The van der Waals surface area contributed by atoms with E-state index in [0.29, 0.717) is 17.4 Å². The van der Waals surface area contributed by atoms with E-state index in [9.17, 15) is 9.59 Å². The number of carbonyl (C=O) groups excluding carboxylic acids is 2. The van der Waals surface area contributed by atoms with Crippen molar-refractivity contribution in [2.75, 3.05) is 22.5 Å². The molecule has 1 aliphatic heterocycles. The molecule has 4 N–H and O–H groups in total. The molecule has 0 aromatic heterocycles. The number of nitrogens with one attached hydrogen (secondary N) is 4. The number of hydrogen-bond acceptors (Lipinski definition) is 3. The second-order valence-electron chi connectivity index (χ2n) is 6.59. The second-order valence-corrected chi connectivity index (χ2v) is 6.59. The first-order valence-corrected chi connectivity index (χ1v) is 8.87. The largest absolute Gasteiger partial charge is 0.326 e. The molecule has 1 saturated heterocycles. The zero-order valence-electron chi connectivity index (χ0n) is 14.8. The van der Waals surface area contributed by atoms with Gasteiger partial charge in [0.15, 0.2) is 0 Å². The summed E-state index contributed by atoms with van der Waals surface area (Å²) >= 11 is 0. The van der Waals surface area contributed by atoms with E-state index in [2.05, 4.69) is 28.2 Å². The lowest BCUT2D eigenvalue weighted by molar-refractivity contribution is -0.120. The molecule has 6 heteroatoms. The smallest absolute Gasteiger partial charge is 0.323 e. The van der Waals surface area contributed by atoms with Crippen molar-refractivity contribution in [1.29, 1.82) is 0 Å². The molecule has 6 nitrogen and oxygen atoms in total. The van der Waals surface area contributed by atoms with Gasteiger partial charge < -0.3 is 21.3 Å². The Bertz CT molecular complexity index is 763. The Kier molecular flexibility index (Phi) is 5.86. The number of urea groups is 1. The minimum Gasteiger partial charge on any atom is -0.326 e. The van der Waals surface area contributed by atoms with Crippen LogP contribution in [0.4, 0.5) is 21.9 Å². The molecule has 1 fully saturated rings. The van der Waals surface area contributed by atoms with Crippen LogP contribution in [-0.4, -0.2) is 24.5 Å². The Morgan fingerprint density at radius 1 is 0.923 bits per heavy atom. The summed E-state index contributed by atoms with van der Waals surface area (Å²) < 4.78 is 0. The number of benzene rings is 2. The van der Waals surface area contributed by atoms with E-state index in [-0.39, 0.29) is 17.9 Å². The monoisotopic (exact) mass is 352 g/mol. The number of piperidine rings is 1. The van der Waals surface area contributed by atoms with Gasteiger partial charge in [0.05, 0.1) is 0 Å². The number of amides is 3. The van der Waals surface area contributed by atoms with Gasteiger partial charge >= 0.3 is 6.03 Å². The normalized spacial score (nSPS) is 19.4. The first kappa shape index (κ1) is 17.9. The zero-order chi connectivity index (χ0) is 18.4. The molecule has 2 atom stereocenters. The molecule has 0 radical (unpaired) electrons. The lowest BCUT2D eigenvalue weighted by atomic mass is 9.92. The summed E-state index contributed by atoms with van der Waals surface area (Å²) in [6, 6.07) is 16.4. The average Bonchev–Trinajstić information content (AvgIpc) is 2.62. The quantitative estimate of drug-likeness (QED) is 0.678. The van der Waals surface area contributed by atoms with Gasteiger partial charge in [0.2, 0.25) is 5.91 Å². The molecule has 1 aliphatic rings. The summed E-state index contributed by atoms with van der Waals surface area (Å²) in [7, 11) is 0. The summed E-state index contributed by atoms with van der Waals surface area (Å²) in [6.45, 7) is 2.95. The zero-order valence-corrected chi connectivity index (χ0v) is 14.8. The van der Waals surface area contributed by atoms with Gasteiger partial charge in [-0.25, -0.2) is 4.79 Å². The highest BCUT2D eigenvalue weighted by atomic mass is 16.2. The van der Waals surface area contributed by atoms with Crippen LogP contribution in [0.1, 0.15) is 19.8 Å². The van der Waals surface area contributed by atoms with E-state index in [1.807, 2.05) is 36.4 Å². The lowest BCUT2D eigenvalue weighted by Crippen LogP contribution is -2.40. The molecule has 136 valence electrons. The van der Waals surface area contributed by atoms with Crippen molar-refractivity contribution in [3.05, 3.63) is 54.6 Å². The minimum absolute atomic E-state index is 0.0178. The predicted molar refractivity (Wildman–Crippen MR) is 104 cm³/mol. The van der Waals surface area contributed by atoms with Crippen LogP contribution >= 0.6 is 0 Å². The highest BCUT2D eigenvalue weighted by Gasteiger charge is 2.24. The van der Waals surface area contributed by atoms with Crippen LogP contribution in [0.5, 0.6) is 0 Å². The Morgan fingerprint density at radius 2 is 1.58 bits per heavy atom. The molecular weight excluding hydrogens is 328 g/mol. The predicted octanol–water partition coefficient (Wildman–Crippen LogP) is 3.66. The Labute approximate surface area is 153 Å². The fourth-order valence-electron chi connectivity index (χ4n) is 3.10. The molecule has 3 amide bonds. The SMILES string of the molecule is C[C@H]1C[C@@H](C(=O)Nc2cccc(NC(=O)Nc3ccccc3)c2)CCN1. The summed E-state index contributed by atoms with van der Waals surface area (Å²) in [4.78, 5) is 24.5. The van der Waals surface area contributed by atoms with Gasteiger partial charge in [-0.1, -0.05) is 24.3 Å². The molecule has 2 aromatic rings. The molecule has 0 bridgehead atoms. The molecule has 0 unspecified atom stereocenters. The average molecular weight is 352 g/mol. The molecule has 0 saturated carbocycles. The van der Waals surface area contributed by atoms with E-state index in [0.717, 1.165) is 25.1 Å². The molecule has 1 heterocycles. The lowest BCUT2D eigenvalue weighted by Gasteiger charge is -2.27. The van der Waals surface area contributed by atoms with Crippen LogP contribution in [0.2, 0.25) is 0 Å². The van der Waals surface area contributed by atoms with Crippen LogP contribution in [0, 0.1) is 5.92 Å². The Balaban J connectivity index is 1.57. The van der Waals surface area contributed by atoms with Crippen molar-refractivity contribution >= 4 is 29.0 Å². The topological polar surface area (TPSA) is 82.3 Å². The minimum atomic E-state index is -0.327. The first-order valence-electron chi connectivity index (χ1n) is 8.87. The third-order valence-corrected chi connectivity index (χ3v) is 4.41. The maximum Gasteiger partial charge on any atom is 0.323 e. The van der Waals surface area contributed by atoms with Crippen LogP contribution in [0.25, 0.3) is 0 Å². The Morgan fingerprint density at radius 3 is 2.31 bits per heavy atom. The van der Waals surface area contributed by atoms with E-state index >= 15 is 0 Å². The van der Waals surface area contributed by atoms with Gasteiger partial charge in [-0.15, -0.1) is 0 Å². The first-order chi connectivity index (χ1) is 12.6. The van der Waals surface area contributed by atoms with Crippen LogP contribution < -0.4 is 21.3 Å². The highest BCUT2D eigenvalue weighted by Crippen LogP contribution is 2.20. The van der Waals surface area contributed by atoms with Crippen molar-refractivity contribution < 1.29 is 9.59 Å². The summed E-state index contributed by atoms with van der Waals surface area (Å²) in [5.41, 5.74) is 2.02. The van der Waals surface area contributed by atoms with E-state index in [1.165, 1.54) is 0 Å². The van der Waals surface area contributed by atoms with Crippen molar-refractivity contribution in [3.8, 4) is 0 Å². The molecule has 26 heavy (non-hydrogen) atoms. The van der Waals surface area contributed by atoms with Gasteiger partial charge in [0.25, 0.3) is 0 Å². The molecule has 0 spiro atoms. The Hall–Kier alpha value is -2.86. The van der Waals surface area contributed by atoms with Gasteiger partial charge in [-0.3, -0.25) is 4.79 Å². The number of anilines is 3. The fraction of sp³-hybridized carbons (Fsp3) is 0.300. The van der Waals surface area contributed by atoms with E-state index < -0.39 is 0 Å². The number of rotatable bonds is 4. The van der Waals surface area contributed by atoms with Gasteiger partial charge in [-0.05, 0) is 56.6 Å². The number of para-hydroxylation sites is 1. The molecule has 2 aromatic carbocycles. The van der Waals surface area contributed by atoms with Crippen LogP contribution in [0.15, 0.2) is 54.6 Å². The summed E-state index contributed by atoms with van der Waals surface area (Å²) in [6.07, 6.45) is 1.68. The summed E-state index contributed by atoms with van der Waals surface area (Å²) in [5, 5.41) is 11.8. The van der Waals surface area contributed by atoms with E-state index in [1.54, 1.807) is 18.2 Å². The van der Waals surface area contributed by atoms with Gasteiger partial charge in [-0.2, -0.15) is 0 Å². The summed E-state index contributed by atoms with van der Waals surface area (Å²) in [5.74, 6) is 0.0495. The fourth-order valence-corrected chi connectivity index (χ4v) is 3.10. The highest BCUT2D eigenvalue weighted by molar-refractivity contribution is 6.00. The molecule has 3 rings (SSSR count). The maximum atomic E-state index is 12.4. The number of carbonyl (C=O) groups is 2. The maximum absolute atomic E-state index is 12.4. The van der Waals surface area contributed by atoms with E-state index in [4.69, 9.17) is 0 Å². The van der Waals surface area contributed by atoms with Crippen molar-refractivity contribution in [2.45, 2.75) is 25.8 Å². The van der Waals surface area contributed by atoms with Crippen molar-refractivity contribution in [1.82, 2.24) is 5.32 Å². The van der Waals surface area contributed by atoms with Crippen molar-refractivity contribution in [2.24, 2.45) is 5.92 Å². The number of hydrogen-bond donors (Lipinski definition) is 4. The van der Waals surface area contributed by atoms with Gasteiger partial charge in [0, 0.05) is 29.0 Å². The van der Waals surface area contributed by atoms with Crippen LogP contribution in [-0.2, 0) is 4.79 Å². The van der Waals surface area contributed by atoms with Crippen LogP contribution in [0.3, 0.4) is 0 Å². The standard InChI is InChI=1S/C20H24N4O2/c1-14-12-15(10-11-21-14)19(25)22-17-8-5-9-18(13-17)24-20(26)23-16-6-3-2-4-7-16/h2-9,13-15,21H,10-12H2,1H3,(H,22,25)(H2,23,24,26)/t14-,15-/m0/s1. The second kappa shape index (κ2) is 8.49. The third kappa shape index (κ3) is 5.07.